The SMILES string of the molecule is Nc1nc(-c2cccc(F)c2)nc2nn(Cc3c(Cl)cccc3Cl)cc12. The molecule has 0 unspecified atom stereocenters. The fourth-order valence-electron chi connectivity index (χ4n) is 2.66. The molecule has 130 valence electrons. The van der Waals surface area contributed by atoms with Crippen molar-refractivity contribution >= 4 is 40.1 Å². The summed E-state index contributed by atoms with van der Waals surface area (Å²) in [6, 6.07) is 11.3. The molecule has 4 aromatic rings. The third kappa shape index (κ3) is 3.09. The van der Waals surface area contributed by atoms with Crippen LogP contribution in [0.3, 0.4) is 0 Å². The van der Waals surface area contributed by atoms with Crippen LogP contribution in [0.5, 0.6) is 0 Å². The Labute approximate surface area is 158 Å². The summed E-state index contributed by atoms with van der Waals surface area (Å²) in [6.45, 7) is 0.365. The monoisotopic (exact) mass is 387 g/mol. The lowest BCUT2D eigenvalue weighted by molar-refractivity contribution is 0.628. The van der Waals surface area contributed by atoms with E-state index in [9.17, 15) is 4.39 Å². The van der Waals surface area contributed by atoms with E-state index >= 15 is 0 Å². The van der Waals surface area contributed by atoms with Crippen molar-refractivity contribution in [2.75, 3.05) is 5.73 Å². The van der Waals surface area contributed by atoms with Crippen molar-refractivity contribution in [1.29, 1.82) is 0 Å². The van der Waals surface area contributed by atoms with Gasteiger partial charge in [-0.15, -0.1) is 0 Å². The molecule has 0 radical (unpaired) electrons. The lowest BCUT2D eigenvalue weighted by Crippen LogP contribution is -2.01. The van der Waals surface area contributed by atoms with Crippen LogP contribution in [0, 0.1) is 5.82 Å². The molecule has 0 aliphatic heterocycles. The summed E-state index contributed by atoms with van der Waals surface area (Å²) in [7, 11) is 0. The number of hydrogen-bond donors (Lipinski definition) is 1. The van der Waals surface area contributed by atoms with E-state index in [0.717, 1.165) is 5.56 Å². The van der Waals surface area contributed by atoms with Crippen LogP contribution in [0.2, 0.25) is 10.0 Å². The van der Waals surface area contributed by atoms with Gasteiger partial charge in [-0.3, -0.25) is 4.68 Å². The summed E-state index contributed by atoms with van der Waals surface area (Å²) < 4.78 is 15.1. The van der Waals surface area contributed by atoms with E-state index in [-0.39, 0.29) is 11.6 Å². The molecule has 2 N–H and O–H groups in total. The second kappa shape index (κ2) is 6.55. The van der Waals surface area contributed by atoms with Crippen LogP contribution >= 0.6 is 23.2 Å². The molecule has 0 fully saturated rings. The largest absolute Gasteiger partial charge is 0.383 e. The molecule has 2 aromatic carbocycles. The first-order valence-electron chi connectivity index (χ1n) is 7.71. The van der Waals surface area contributed by atoms with Gasteiger partial charge < -0.3 is 5.73 Å². The molecule has 0 amide bonds. The highest BCUT2D eigenvalue weighted by Crippen LogP contribution is 2.27. The first-order valence-corrected chi connectivity index (χ1v) is 8.46. The average molecular weight is 388 g/mol. The molecule has 2 heterocycles. The first-order chi connectivity index (χ1) is 12.5. The predicted molar refractivity (Wildman–Crippen MR) is 101 cm³/mol. The van der Waals surface area contributed by atoms with Gasteiger partial charge in [-0.05, 0) is 24.3 Å². The average Bonchev–Trinajstić information content (AvgIpc) is 3.02. The summed E-state index contributed by atoms with van der Waals surface area (Å²) in [6.07, 6.45) is 1.74. The molecular weight excluding hydrogens is 376 g/mol. The molecule has 4 rings (SSSR count). The van der Waals surface area contributed by atoms with Crippen molar-refractivity contribution in [2.45, 2.75) is 6.54 Å². The van der Waals surface area contributed by atoms with Crippen LogP contribution in [-0.4, -0.2) is 19.7 Å². The van der Waals surface area contributed by atoms with Crippen molar-refractivity contribution in [3.05, 3.63) is 70.1 Å². The molecule has 0 atom stereocenters. The van der Waals surface area contributed by atoms with Crippen molar-refractivity contribution in [3.8, 4) is 11.4 Å². The normalized spacial score (nSPS) is 11.2. The highest BCUT2D eigenvalue weighted by atomic mass is 35.5. The van der Waals surface area contributed by atoms with E-state index in [1.165, 1.54) is 12.1 Å². The van der Waals surface area contributed by atoms with E-state index in [1.54, 1.807) is 41.2 Å². The Morgan fingerprint density at radius 2 is 1.77 bits per heavy atom. The Balaban J connectivity index is 1.77. The van der Waals surface area contributed by atoms with E-state index in [2.05, 4.69) is 15.1 Å². The minimum absolute atomic E-state index is 0.269. The Hall–Kier alpha value is -2.70. The van der Waals surface area contributed by atoms with Gasteiger partial charge >= 0.3 is 0 Å². The number of fused-ring (bicyclic) bond motifs is 1. The number of anilines is 1. The standard InChI is InChI=1S/C18H12Cl2FN5/c19-14-5-2-6-15(20)12(14)8-26-9-13-16(22)23-17(24-18(13)25-26)10-3-1-4-11(21)7-10/h1-7,9H,8H2,(H2,22,23,24,25). The summed E-state index contributed by atoms with van der Waals surface area (Å²) in [5.74, 6) is 0.213. The van der Waals surface area contributed by atoms with Crippen LogP contribution in [0.25, 0.3) is 22.4 Å². The first kappa shape index (κ1) is 16.8. The topological polar surface area (TPSA) is 69.6 Å². The van der Waals surface area contributed by atoms with Gasteiger partial charge in [0.05, 0.1) is 11.9 Å². The molecule has 8 heteroatoms. The zero-order chi connectivity index (χ0) is 18.3. The van der Waals surface area contributed by atoms with E-state index in [4.69, 9.17) is 28.9 Å². The maximum atomic E-state index is 13.5. The van der Waals surface area contributed by atoms with Crippen molar-refractivity contribution < 1.29 is 4.39 Å². The van der Waals surface area contributed by atoms with Gasteiger partial charge in [-0.2, -0.15) is 5.10 Å². The Kier molecular flexibility index (Phi) is 4.22. The predicted octanol–water partition coefficient (Wildman–Crippen LogP) is 4.57. The van der Waals surface area contributed by atoms with Crippen molar-refractivity contribution in [3.63, 3.8) is 0 Å². The van der Waals surface area contributed by atoms with Crippen LogP contribution in [0.4, 0.5) is 10.2 Å². The Morgan fingerprint density at radius 3 is 2.50 bits per heavy atom. The quantitative estimate of drug-likeness (QED) is 0.558. The van der Waals surface area contributed by atoms with E-state index < -0.39 is 0 Å². The van der Waals surface area contributed by atoms with Crippen molar-refractivity contribution in [1.82, 2.24) is 19.7 Å². The number of nitrogen functional groups attached to an aromatic ring is 1. The summed E-state index contributed by atoms with van der Waals surface area (Å²) in [5.41, 5.74) is 7.75. The number of rotatable bonds is 3. The maximum absolute atomic E-state index is 13.5. The lowest BCUT2D eigenvalue weighted by Gasteiger charge is -2.06. The van der Waals surface area contributed by atoms with E-state index in [1.807, 2.05) is 0 Å². The zero-order valence-corrected chi connectivity index (χ0v) is 14.8. The number of nitrogens with two attached hydrogens (primary N) is 1. The zero-order valence-electron chi connectivity index (χ0n) is 13.3. The van der Waals surface area contributed by atoms with Gasteiger partial charge in [-0.25, -0.2) is 14.4 Å². The van der Waals surface area contributed by atoms with Crippen LogP contribution in [0.1, 0.15) is 5.56 Å². The van der Waals surface area contributed by atoms with E-state index in [0.29, 0.717) is 39.0 Å². The van der Waals surface area contributed by atoms with Gasteiger partial charge in [0.15, 0.2) is 11.5 Å². The molecule has 0 bridgehead atoms. The molecular formula is C18H12Cl2FN5. The fourth-order valence-corrected chi connectivity index (χ4v) is 3.17. The molecule has 0 saturated heterocycles. The number of nitrogens with zero attached hydrogens (tertiary/aromatic N) is 4. The lowest BCUT2D eigenvalue weighted by atomic mass is 10.2. The second-order valence-corrected chi connectivity index (χ2v) is 6.52. The summed E-state index contributed by atoms with van der Waals surface area (Å²) in [5, 5.41) is 6.14. The number of aromatic nitrogens is 4. The van der Waals surface area contributed by atoms with Crippen LogP contribution in [-0.2, 0) is 6.54 Å². The van der Waals surface area contributed by atoms with Crippen LogP contribution < -0.4 is 5.73 Å². The van der Waals surface area contributed by atoms with Gasteiger partial charge in [0.1, 0.15) is 11.6 Å². The molecule has 0 aliphatic rings. The highest BCUT2D eigenvalue weighted by molar-refractivity contribution is 6.35. The molecule has 0 saturated carbocycles. The van der Waals surface area contributed by atoms with Crippen LogP contribution in [0.15, 0.2) is 48.7 Å². The number of benzene rings is 2. The Morgan fingerprint density at radius 1 is 1.04 bits per heavy atom. The highest BCUT2D eigenvalue weighted by Gasteiger charge is 2.13. The van der Waals surface area contributed by atoms with Gasteiger partial charge in [0.25, 0.3) is 0 Å². The van der Waals surface area contributed by atoms with Gasteiger partial charge in [0, 0.05) is 27.4 Å². The number of halogens is 3. The minimum atomic E-state index is -0.372. The molecule has 0 spiro atoms. The van der Waals surface area contributed by atoms with Crippen molar-refractivity contribution in [2.24, 2.45) is 0 Å². The smallest absolute Gasteiger partial charge is 0.186 e. The number of hydrogen-bond acceptors (Lipinski definition) is 4. The molecule has 26 heavy (non-hydrogen) atoms. The van der Waals surface area contributed by atoms with Gasteiger partial charge in [-0.1, -0.05) is 41.4 Å². The Bertz CT molecular complexity index is 1110. The minimum Gasteiger partial charge on any atom is -0.383 e. The summed E-state index contributed by atoms with van der Waals surface area (Å²) in [4.78, 5) is 8.66. The molecule has 0 aliphatic carbocycles. The van der Waals surface area contributed by atoms with Gasteiger partial charge in [0.2, 0.25) is 0 Å². The fraction of sp³-hybridized carbons (Fsp3) is 0.0556. The maximum Gasteiger partial charge on any atom is 0.186 e. The molecule has 5 nitrogen and oxygen atoms in total. The third-order valence-electron chi connectivity index (χ3n) is 3.92. The second-order valence-electron chi connectivity index (χ2n) is 5.71. The summed E-state index contributed by atoms with van der Waals surface area (Å²) >= 11 is 12.4. The third-order valence-corrected chi connectivity index (χ3v) is 4.63. The molecule has 2 aromatic heterocycles.